The Hall–Kier alpha value is -7.62. The van der Waals surface area contributed by atoms with Crippen LogP contribution in [0.4, 0.5) is 17.1 Å². The second-order valence-corrected chi connectivity index (χ2v) is 14.6. The van der Waals surface area contributed by atoms with Crippen LogP contribution in [0.5, 0.6) is 0 Å². The highest BCUT2D eigenvalue weighted by Crippen LogP contribution is 2.43. The van der Waals surface area contributed by atoms with Crippen LogP contribution in [0.2, 0.25) is 0 Å². The van der Waals surface area contributed by atoms with E-state index in [0.29, 0.717) is 0 Å². The number of benzene rings is 9. The zero-order valence-electron chi connectivity index (χ0n) is 31.2. The third-order valence-corrected chi connectivity index (χ3v) is 11.3. The summed E-state index contributed by atoms with van der Waals surface area (Å²) in [7, 11) is 0. The third-order valence-electron chi connectivity index (χ3n) is 11.3. The Labute approximate surface area is 331 Å². The smallest absolute Gasteiger partial charge is 0.0641 e. The van der Waals surface area contributed by atoms with Gasteiger partial charge in [-0.25, -0.2) is 0 Å². The lowest BCUT2D eigenvalue weighted by molar-refractivity contribution is 1.17. The number of hydrogen-bond acceptors (Lipinski definition) is 1. The SMILES string of the molecule is c1ccc(-c2ccc(N(c3ccc(-n4c5ccccc5c5ccc6c(c7ccccc7n6-c6ccccc6)c54)cc3)c3cccc(-c4ccccc4)c3)cc2)cc1. The van der Waals surface area contributed by atoms with Gasteiger partial charge in [-0.15, -0.1) is 0 Å². The van der Waals surface area contributed by atoms with E-state index in [2.05, 4.69) is 238 Å². The Morgan fingerprint density at radius 2 is 0.789 bits per heavy atom. The van der Waals surface area contributed by atoms with Gasteiger partial charge < -0.3 is 14.0 Å². The highest BCUT2D eigenvalue weighted by Gasteiger charge is 2.21. The van der Waals surface area contributed by atoms with Gasteiger partial charge in [-0.3, -0.25) is 0 Å². The molecule has 0 aliphatic heterocycles. The fourth-order valence-corrected chi connectivity index (χ4v) is 8.72. The van der Waals surface area contributed by atoms with Crippen molar-refractivity contribution in [2.75, 3.05) is 4.90 Å². The molecule has 0 unspecified atom stereocenters. The number of rotatable bonds is 7. The lowest BCUT2D eigenvalue weighted by Crippen LogP contribution is -2.10. The van der Waals surface area contributed by atoms with Crippen molar-refractivity contribution in [2.45, 2.75) is 0 Å². The van der Waals surface area contributed by atoms with Gasteiger partial charge in [-0.1, -0.05) is 146 Å². The van der Waals surface area contributed by atoms with E-state index in [-0.39, 0.29) is 0 Å². The topological polar surface area (TPSA) is 13.1 Å². The third kappa shape index (κ3) is 5.51. The maximum atomic E-state index is 2.47. The number of anilines is 3. The number of para-hydroxylation sites is 3. The molecule has 3 heteroatoms. The van der Waals surface area contributed by atoms with Crippen LogP contribution in [0.1, 0.15) is 0 Å². The lowest BCUT2D eigenvalue weighted by Gasteiger charge is -2.26. The molecule has 57 heavy (non-hydrogen) atoms. The Morgan fingerprint density at radius 1 is 0.281 bits per heavy atom. The predicted molar refractivity (Wildman–Crippen MR) is 241 cm³/mol. The summed E-state index contributed by atoms with van der Waals surface area (Å²) < 4.78 is 4.87. The molecule has 0 amide bonds. The normalized spacial score (nSPS) is 11.5. The summed E-state index contributed by atoms with van der Waals surface area (Å²) in [6, 6.07) is 81.0. The second kappa shape index (κ2) is 13.6. The van der Waals surface area contributed by atoms with Gasteiger partial charge in [-0.05, 0) is 101 Å². The Balaban J connectivity index is 1.10. The van der Waals surface area contributed by atoms with Gasteiger partial charge in [0, 0.05) is 50.0 Å². The van der Waals surface area contributed by atoms with Gasteiger partial charge in [0.2, 0.25) is 0 Å². The lowest BCUT2D eigenvalue weighted by atomic mass is 10.0. The molecule has 0 spiro atoms. The van der Waals surface area contributed by atoms with Crippen LogP contribution >= 0.6 is 0 Å². The predicted octanol–water partition coefficient (Wildman–Crippen LogP) is 14.7. The van der Waals surface area contributed by atoms with Crippen LogP contribution in [-0.2, 0) is 0 Å². The van der Waals surface area contributed by atoms with Gasteiger partial charge in [0.15, 0.2) is 0 Å². The number of fused-ring (bicyclic) bond motifs is 7. The van der Waals surface area contributed by atoms with Crippen molar-refractivity contribution in [1.29, 1.82) is 0 Å². The first-order valence-corrected chi connectivity index (χ1v) is 19.5. The van der Waals surface area contributed by atoms with E-state index in [0.717, 1.165) is 28.4 Å². The summed E-state index contributed by atoms with van der Waals surface area (Å²) in [6.07, 6.45) is 0. The van der Waals surface area contributed by atoms with E-state index < -0.39 is 0 Å². The molecule has 0 aliphatic rings. The molecule has 11 rings (SSSR count). The number of hydrogen-bond donors (Lipinski definition) is 0. The first kappa shape index (κ1) is 32.8. The largest absolute Gasteiger partial charge is 0.310 e. The van der Waals surface area contributed by atoms with Crippen LogP contribution in [0.15, 0.2) is 224 Å². The highest BCUT2D eigenvalue weighted by molar-refractivity contribution is 6.26. The molecule has 0 N–H and O–H groups in total. The van der Waals surface area contributed by atoms with Gasteiger partial charge in [0.25, 0.3) is 0 Å². The maximum absolute atomic E-state index is 2.47. The molecule has 0 aliphatic carbocycles. The quantitative estimate of drug-likeness (QED) is 0.159. The minimum absolute atomic E-state index is 1.09. The van der Waals surface area contributed by atoms with Crippen LogP contribution in [0.25, 0.3) is 77.2 Å². The molecule has 2 heterocycles. The molecule has 3 nitrogen and oxygen atoms in total. The fourth-order valence-electron chi connectivity index (χ4n) is 8.72. The summed E-state index contributed by atoms with van der Waals surface area (Å²) in [5.74, 6) is 0. The van der Waals surface area contributed by atoms with Gasteiger partial charge >= 0.3 is 0 Å². The van der Waals surface area contributed by atoms with Crippen LogP contribution < -0.4 is 4.90 Å². The molecule has 0 bridgehead atoms. The van der Waals surface area contributed by atoms with E-state index in [1.807, 2.05) is 0 Å². The summed E-state index contributed by atoms with van der Waals surface area (Å²) in [6.45, 7) is 0. The van der Waals surface area contributed by atoms with Crippen molar-refractivity contribution < 1.29 is 0 Å². The van der Waals surface area contributed by atoms with E-state index in [4.69, 9.17) is 0 Å². The van der Waals surface area contributed by atoms with Crippen molar-refractivity contribution in [3.63, 3.8) is 0 Å². The van der Waals surface area contributed by atoms with E-state index in [1.165, 1.54) is 65.9 Å². The fraction of sp³-hybridized carbons (Fsp3) is 0. The van der Waals surface area contributed by atoms with Crippen molar-refractivity contribution in [1.82, 2.24) is 9.13 Å². The molecular weight excluding hydrogens is 691 g/mol. The van der Waals surface area contributed by atoms with Crippen molar-refractivity contribution in [2.24, 2.45) is 0 Å². The van der Waals surface area contributed by atoms with Crippen LogP contribution in [-0.4, -0.2) is 9.13 Å². The molecule has 0 fully saturated rings. The minimum atomic E-state index is 1.09. The monoisotopic (exact) mass is 727 g/mol. The molecule has 2 aromatic heterocycles. The molecule has 0 radical (unpaired) electrons. The minimum Gasteiger partial charge on any atom is -0.310 e. The Morgan fingerprint density at radius 3 is 1.47 bits per heavy atom. The molecule has 9 aromatic carbocycles. The molecule has 0 saturated carbocycles. The second-order valence-electron chi connectivity index (χ2n) is 14.6. The standard InChI is InChI=1S/C54H37N3/c1-4-15-38(16-5-1)40-27-29-43(30-28-40)55(46-22-14-19-41(37-46)39-17-6-2-7-18-39)44-31-33-45(34-32-44)57-50-25-12-10-23-47(50)48-35-36-52-53(54(48)57)49-24-11-13-26-51(49)56(52)42-20-8-3-9-21-42/h1-37H. The molecule has 268 valence electrons. The first-order valence-electron chi connectivity index (χ1n) is 19.5. The number of nitrogens with zero attached hydrogens (tertiary/aromatic N) is 3. The zero-order chi connectivity index (χ0) is 37.7. The summed E-state index contributed by atoms with van der Waals surface area (Å²) in [4.78, 5) is 2.36. The Kier molecular flexibility index (Phi) is 7.82. The van der Waals surface area contributed by atoms with Crippen LogP contribution in [0, 0.1) is 0 Å². The number of aromatic nitrogens is 2. The van der Waals surface area contributed by atoms with Crippen molar-refractivity contribution >= 4 is 60.7 Å². The molecule has 0 atom stereocenters. The molecule has 0 saturated heterocycles. The van der Waals surface area contributed by atoms with E-state index in [9.17, 15) is 0 Å². The average molecular weight is 728 g/mol. The molecule has 11 aromatic rings. The van der Waals surface area contributed by atoms with Gasteiger partial charge in [-0.2, -0.15) is 0 Å². The van der Waals surface area contributed by atoms with Gasteiger partial charge in [0.1, 0.15) is 0 Å². The van der Waals surface area contributed by atoms with Crippen LogP contribution in [0.3, 0.4) is 0 Å². The Bertz CT molecular complexity index is 3200. The van der Waals surface area contributed by atoms with E-state index >= 15 is 0 Å². The van der Waals surface area contributed by atoms with Crippen molar-refractivity contribution in [3.8, 4) is 33.6 Å². The van der Waals surface area contributed by atoms with Gasteiger partial charge in [0.05, 0.1) is 22.1 Å². The summed E-state index contributed by atoms with van der Waals surface area (Å²) in [5, 5.41) is 4.99. The summed E-state index contributed by atoms with van der Waals surface area (Å²) in [5.41, 5.74) is 15.1. The van der Waals surface area contributed by atoms with E-state index in [1.54, 1.807) is 0 Å². The summed E-state index contributed by atoms with van der Waals surface area (Å²) >= 11 is 0. The molecular formula is C54H37N3. The maximum Gasteiger partial charge on any atom is 0.0641 e. The first-order chi connectivity index (χ1) is 28.3. The van der Waals surface area contributed by atoms with Crippen molar-refractivity contribution in [3.05, 3.63) is 224 Å². The average Bonchev–Trinajstić information content (AvgIpc) is 3.81. The zero-order valence-corrected chi connectivity index (χ0v) is 31.2. The highest BCUT2D eigenvalue weighted by atomic mass is 15.1.